The van der Waals surface area contributed by atoms with Crippen LogP contribution in [0, 0.1) is 16.7 Å². The van der Waals surface area contributed by atoms with Crippen LogP contribution in [0.2, 0.25) is 0 Å². The van der Waals surface area contributed by atoms with E-state index in [2.05, 4.69) is 37.2 Å². The van der Waals surface area contributed by atoms with Crippen LogP contribution in [0.15, 0.2) is 36.5 Å². The second-order valence-electron chi connectivity index (χ2n) is 10.2. The number of aromatic nitrogens is 1. The highest BCUT2D eigenvalue weighted by Gasteiger charge is 2.68. The molecule has 8 heteroatoms. The van der Waals surface area contributed by atoms with Gasteiger partial charge in [-0.15, -0.1) is 0 Å². The molecule has 0 spiro atoms. The van der Waals surface area contributed by atoms with E-state index in [-0.39, 0.29) is 28.3 Å². The summed E-state index contributed by atoms with van der Waals surface area (Å²) in [5.74, 6) is -1.75. The molecule has 2 heterocycles. The largest absolute Gasteiger partial charge is 0.478 e. The number of ether oxygens (including phenoxy) is 2. The molecule has 0 unspecified atom stereocenters. The number of hydrogen-bond acceptors (Lipinski definition) is 6. The maximum absolute atomic E-state index is 13.7. The van der Waals surface area contributed by atoms with E-state index < -0.39 is 11.9 Å². The molecule has 1 aliphatic heterocycles. The number of morpholine rings is 1. The van der Waals surface area contributed by atoms with Crippen molar-refractivity contribution in [2.24, 2.45) is 16.7 Å². The highest BCUT2D eigenvalue weighted by molar-refractivity contribution is 6.11. The molecule has 1 saturated heterocycles. The first-order chi connectivity index (χ1) is 16.0. The lowest BCUT2D eigenvalue weighted by molar-refractivity contribution is -0.133. The molecule has 1 N–H and O–H groups in total. The summed E-state index contributed by atoms with van der Waals surface area (Å²) < 4.78 is 12.8. The molecule has 34 heavy (non-hydrogen) atoms. The third-order valence-electron chi connectivity index (χ3n) is 7.74. The van der Waals surface area contributed by atoms with Crippen LogP contribution in [-0.2, 0) is 20.9 Å². The smallest absolute Gasteiger partial charge is 0.336 e. The molecule has 1 aromatic heterocycles. The van der Waals surface area contributed by atoms with Gasteiger partial charge in [0.2, 0.25) is 0 Å². The van der Waals surface area contributed by atoms with Crippen LogP contribution in [0.5, 0.6) is 5.75 Å². The minimum Gasteiger partial charge on any atom is -0.478 e. The molecule has 0 amide bonds. The van der Waals surface area contributed by atoms with E-state index >= 15 is 0 Å². The van der Waals surface area contributed by atoms with Crippen molar-refractivity contribution in [2.45, 2.75) is 34.2 Å². The number of carbonyl (C=O) groups is 3. The molecule has 0 atom stereocenters. The van der Waals surface area contributed by atoms with Crippen molar-refractivity contribution in [1.82, 2.24) is 9.47 Å². The fourth-order valence-corrected chi connectivity index (χ4v) is 5.09. The Kier molecular flexibility index (Phi) is 6.40. The summed E-state index contributed by atoms with van der Waals surface area (Å²) in [5, 5.41) is 9.45. The zero-order valence-corrected chi connectivity index (χ0v) is 20.2. The molecular formula is C26H32N2O6. The number of rotatable bonds is 8. The van der Waals surface area contributed by atoms with Gasteiger partial charge in [-0.1, -0.05) is 27.7 Å². The van der Waals surface area contributed by atoms with E-state index in [0.29, 0.717) is 5.56 Å². The van der Waals surface area contributed by atoms with Crippen LogP contribution in [0.3, 0.4) is 0 Å². The van der Waals surface area contributed by atoms with Gasteiger partial charge in [0.05, 0.1) is 13.2 Å². The van der Waals surface area contributed by atoms with Crippen LogP contribution >= 0.6 is 0 Å². The van der Waals surface area contributed by atoms with E-state index in [1.54, 1.807) is 12.1 Å². The molecular weight excluding hydrogens is 436 g/mol. The molecule has 1 saturated carbocycles. The Bertz CT molecular complexity index is 1140. The first-order valence-electron chi connectivity index (χ1n) is 11.6. The van der Waals surface area contributed by atoms with Gasteiger partial charge < -0.3 is 19.1 Å². The van der Waals surface area contributed by atoms with Gasteiger partial charge in [-0.25, -0.2) is 9.59 Å². The summed E-state index contributed by atoms with van der Waals surface area (Å²) in [4.78, 5) is 38.6. The quantitative estimate of drug-likeness (QED) is 0.274. The lowest BCUT2D eigenvalue weighted by Crippen LogP contribution is -2.38. The van der Waals surface area contributed by atoms with Crippen LogP contribution in [0.25, 0.3) is 10.9 Å². The third-order valence-corrected chi connectivity index (χ3v) is 7.74. The SMILES string of the molecule is CC1(C)C(C(=O)c2cn(CCN3CCOCC3)c3ccc(OC(=O)/C=C/C(=O)O)cc23)C1(C)C. The van der Waals surface area contributed by atoms with Crippen molar-refractivity contribution in [3.8, 4) is 5.75 Å². The van der Waals surface area contributed by atoms with Crippen molar-refractivity contribution < 1.29 is 29.0 Å². The molecule has 2 aliphatic rings. The second kappa shape index (κ2) is 9.00. The minimum absolute atomic E-state index is 0.0944. The number of carboxylic acid groups (broad SMARTS) is 1. The van der Waals surface area contributed by atoms with Gasteiger partial charge >= 0.3 is 11.9 Å². The summed E-state index contributed by atoms with van der Waals surface area (Å²) in [7, 11) is 0. The molecule has 8 nitrogen and oxygen atoms in total. The number of nitrogens with zero attached hydrogens (tertiary/aromatic N) is 2. The predicted octanol–water partition coefficient (Wildman–Crippen LogP) is 3.38. The van der Waals surface area contributed by atoms with Gasteiger partial charge in [-0.2, -0.15) is 0 Å². The summed E-state index contributed by atoms with van der Waals surface area (Å²) in [6.45, 7) is 13.3. The Balaban J connectivity index is 1.65. The number of Topliss-reactive ketones (excluding diaryl/α,β-unsaturated/α-hetero) is 1. The Labute approximate surface area is 199 Å². The fraction of sp³-hybridized carbons (Fsp3) is 0.500. The van der Waals surface area contributed by atoms with Crippen molar-refractivity contribution in [3.63, 3.8) is 0 Å². The number of carboxylic acids is 1. The monoisotopic (exact) mass is 468 g/mol. The Hall–Kier alpha value is -2.97. The van der Waals surface area contributed by atoms with Gasteiger partial charge in [-0.3, -0.25) is 9.69 Å². The molecule has 0 radical (unpaired) electrons. The van der Waals surface area contributed by atoms with E-state index in [9.17, 15) is 14.4 Å². The average molecular weight is 469 g/mol. The number of benzene rings is 1. The molecule has 2 aromatic rings. The van der Waals surface area contributed by atoms with Crippen LogP contribution in [0.4, 0.5) is 0 Å². The van der Waals surface area contributed by atoms with Crippen molar-refractivity contribution in [1.29, 1.82) is 0 Å². The number of ketones is 1. The van der Waals surface area contributed by atoms with Crippen LogP contribution < -0.4 is 4.74 Å². The van der Waals surface area contributed by atoms with Crippen LogP contribution in [0.1, 0.15) is 38.1 Å². The Morgan fingerprint density at radius 3 is 2.38 bits per heavy atom. The van der Waals surface area contributed by atoms with Gasteiger partial charge in [-0.05, 0) is 29.0 Å². The number of hydrogen-bond donors (Lipinski definition) is 1. The molecule has 1 aromatic carbocycles. The summed E-state index contributed by atoms with van der Waals surface area (Å²) >= 11 is 0. The number of aliphatic carboxylic acids is 1. The van der Waals surface area contributed by atoms with Crippen LogP contribution in [-0.4, -0.2) is 65.1 Å². The van der Waals surface area contributed by atoms with E-state index in [1.807, 2.05) is 12.3 Å². The van der Waals surface area contributed by atoms with E-state index in [0.717, 1.165) is 62.4 Å². The third kappa shape index (κ3) is 4.52. The second-order valence-corrected chi connectivity index (χ2v) is 10.2. The summed E-state index contributed by atoms with van der Waals surface area (Å²) in [5.41, 5.74) is 1.32. The Morgan fingerprint density at radius 2 is 1.76 bits per heavy atom. The van der Waals surface area contributed by atoms with E-state index in [4.69, 9.17) is 14.6 Å². The number of esters is 1. The van der Waals surface area contributed by atoms with Crippen molar-refractivity contribution >= 4 is 28.6 Å². The fourth-order valence-electron chi connectivity index (χ4n) is 5.09. The summed E-state index contributed by atoms with van der Waals surface area (Å²) in [6, 6.07) is 5.21. The standard InChI is InChI=1S/C26H32N2O6/c1-25(2)24(26(25,3)4)23(32)19-16-28(10-9-27-11-13-33-14-12-27)20-6-5-17(15-18(19)20)34-22(31)8-7-21(29)30/h5-8,15-16,24H,9-14H2,1-4H3,(H,29,30)/b8-7+. The van der Waals surface area contributed by atoms with Gasteiger partial charge in [0.25, 0.3) is 0 Å². The highest BCUT2D eigenvalue weighted by atomic mass is 16.5. The lowest BCUT2D eigenvalue weighted by Gasteiger charge is -2.26. The van der Waals surface area contributed by atoms with Gasteiger partial charge in [0.15, 0.2) is 5.78 Å². The predicted molar refractivity (Wildman–Crippen MR) is 127 cm³/mol. The first-order valence-corrected chi connectivity index (χ1v) is 11.6. The Morgan fingerprint density at radius 1 is 1.09 bits per heavy atom. The molecule has 0 bridgehead atoms. The van der Waals surface area contributed by atoms with Crippen molar-refractivity contribution in [2.75, 3.05) is 32.8 Å². The topological polar surface area (TPSA) is 98.1 Å². The van der Waals surface area contributed by atoms with Gasteiger partial charge in [0.1, 0.15) is 5.75 Å². The zero-order valence-electron chi connectivity index (χ0n) is 20.2. The minimum atomic E-state index is -1.23. The first kappa shape index (κ1) is 24.2. The molecule has 1 aliphatic carbocycles. The number of carbonyl (C=O) groups excluding carboxylic acids is 2. The zero-order chi connectivity index (χ0) is 24.7. The summed E-state index contributed by atoms with van der Waals surface area (Å²) in [6.07, 6.45) is 3.52. The van der Waals surface area contributed by atoms with Crippen molar-refractivity contribution in [3.05, 3.63) is 42.1 Å². The number of fused-ring (bicyclic) bond motifs is 1. The maximum atomic E-state index is 13.7. The van der Waals surface area contributed by atoms with Gasteiger partial charge in [0, 0.05) is 66.9 Å². The van der Waals surface area contributed by atoms with E-state index in [1.165, 1.54) is 0 Å². The molecule has 2 fully saturated rings. The normalized spacial score (nSPS) is 20.0. The molecule has 182 valence electrons. The average Bonchev–Trinajstić information content (AvgIpc) is 3.04. The molecule has 4 rings (SSSR count). The maximum Gasteiger partial charge on any atom is 0.336 e. The highest BCUT2D eigenvalue weighted by Crippen LogP contribution is 2.69. The lowest BCUT2D eigenvalue weighted by atomic mass is 10.0.